The number of anilines is 1. The molecule has 6 rings (SSSR count). The van der Waals surface area contributed by atoms with Crippen LogP contribution in [0.1, 0.15) is 49.3 Å². The third kappa shape index (κ3) is 8.15. The summed E-state index contributed by atoms with van der Waals surface area (Å²) >= 11 is 0. The summed E-state index contributed by atoms with van der Waals surface area (Å²) in [6.07, 6.45) is -2.18. The molecule has 1 aromatic heterocycles. The molecule has 5 aromatic rings. The van der Waals surface area contributed by atoms with Gasteiger partial charge in [-0.25, -0.2) is 4.79 Å². The SMILES string of the molecule is COc1ccc(C(OC[C@H]2O[C@@H](n3ccc(NCc4ccccc4)nc3=O)[C@H](O[Si](C)(C)C(C)(C)C)[C@@H]2O)(c2ccccc2)c2ccc(OC)cc2)cc1. The number of aliphatic hydroxyl groups excluding tert-OH is 1. The summed E-state index contributed by atoms with van der Waals surface area (Å²) in [4.78, 5) is 18.0. The zero-order valence-electron chi connectivity index (χ0n) is 32.1. The fourth-order valence-electron chi connectivity index (χ4n) is 6.50. The summed E-state index contributed by atoms with van der Waals surface area (Å²) < 4.78 is 33.0. The predicted octanol–water partition coefficient (Wildman–Crippen LogP) is 7.53. The van der Waals surface area contributed by atoms with Crippen molar-refractivity contribution in [3.8, 4) is 11.5 Å². The highest BCUT2D eigenvalue weighted by Gasteiger charge is 2.51. The molecule has 2 heterocycles. The molecule has 1 fully saturated rings. The average molecular weight is 750 g/mol. The number of ether oxygens (including phenoxy) is 4. The Bertz CT molecular complexity index is 1970. The van der Waals surface area contributed by atoms with E-state index in [9.17, 15) is 9.90 Å². The molecule has 11 heteroatoms. The molecule has 4 aromatic carbocycles. The summed E-state index contributed by atoms with van der Waals surface area (Å²) in [7, 11) is 0.780. The summed E-state index contributed by atoms with van der Waals surface area (Å²) in [6, 6.07) is 37.1. The highest BCUT2D eigenvalue weighted by atomic mass is 28.4. The van der Waals surface area contributed by atoms with Gasteiger partial charge in [0.1, 0.15) is 41.2 Å². The number of hydrogen-bond donors (Lipinski definition) is 2. The van der Waals surface area contributed by atoms with Gasteiger partial charge in [-0.3, -0.25) is 4.57 Å². The number of aromatic nitrogens is 2. The molecule has 0 radical (unpaired) electrons. The van der Waals surface area contributed by atoms with E-state index in [2.05, 4.69) is 44.2 Å². The summed E-state index contributed by atoms with van der Waals surface area (Å²) in [5, 5.41) is 15.2. The molecule has 1 aliphatic rings. The molecule has 2 N–H and O–H groups in total. The van der Waals surface area contributed by atoms with Gasteiger partial charge >= 0.3 is 5.69 Å². The molecule has 54 heavy (non-hydrogen) atoms. The van der Waals surface area contributed by atoms with Crippen molar-refractivity contribution in [2.24, 2.45) is 0 Å². The number of rotatable bonds is 14. The van der Waals surface area contributed by atoms with E-state index in [-0.39, 0.29) is 11.6 Å². The third-order valence-electron chi connectivity index (χ3n) is 10.6. The second kappa shape index (κ2) is 16.3. The molecule has 0 aliphatic carbocycles. The van der Waals surface area contributed by atoms with Gasteiger partial charge in [-0.05, 0) is 70.7 Å². The van der Waals surface area contributed by atoms with Crippen LogP contribution in [0.4, 0.5) is 5.82 Å². The van der Waals surface area contributed by atoms with Crippen LogP contribution in [0, 0.1) is 0 Å². The second-order valence-electron chi connectivity index (χ2n) is 15.1. The fraction of sp³-hybridized carbons (Fsp3) is 0.349. The molecule has 0 unspecified atom stereocenters. The Kier molecular flexibility index (Phi) is 11.7. The maximum absolute atomic E-state index is 13.7. The van der Waals surface area contributed by atoms with Crippen LogP contribution < -0.4 is 20.5 Å². The van der Waals surface area contributed by atoms with Crippen LogP contribution in [0.3, 0.4) is 0 Å². The number of benzene rings is 4. The van der Waals surface area contributed by atoms with Crippen molar-refractivity contribution in [1.29, 1.82) is 0 Å². The first-order valence-electron chi connectivity index (χ1n) is 18.2. The molecular weight excluding hydrogens is 699 g/mol. The van der Waals surface area contributed by atoms with Crippen molar-refractivity contribution in [3.05, 3.63) is 154 Å². The van der Waals surface area contributed by atoms with Crippen molar-refractivity contribution >= 4 is 14.1 Å². The summed E-state index contributed by atoms with van der Waals surface area (Å²) in [6.45, 7) is 11.1. The standard InChI is InChI=1S/C43H51N3O7Si/c1-42(2,3)54(6,7)53-39-38(47)36(52-40(39)46-27-26-37(45-41(46)48)44-28-30-14-10-8-11-15-30)29-51-43(31-16-12-9-13-17-31,32-18-22-34(49-4)23-19-32)33-20-24-35(50-5)25-21-33/h8-27,36,38-40,47H,28-29H2,1-7H3,(H,44,45,48)/t36-,38-,39-,40-/m1/s1. The zero-order valence-corrected chi connectivity index (χ0v) is 33.1. The largest absolute Gasteiger partial charge is 0.497 e. The van der Waals surface area contributed by atoms with Gasteiger partial charge in [0.15, 0.2) is 14.5 Å². The van der Waals surface area contributed by atoms with Gasteiger partial charge in [-0.1, -0.05) is 106 Å². The minimum atomic E-state index is -2.48. The van der Waals surface area contributed by atoms with Crippen molar-refractivity contribution in [2.75, 3.05) is 26.1 Å². The first-order valence-corrected chi connectivity index (χ1v) is 21.1. The zero-order chi connectivity index (χ0) is 38.5. The lowest BCUT2D eigenvalue weighted by molar-refractivity contribution is -0.0956. The highest BCUT2D eigenvalue weighted by Crippen LogP contribution is 2.45. The second-order valence-corrected chi connectivity index (χ2v) is 19.8. The molecule has 0 spiro atoms. The Balaban J connectivity index is 1.37. The molecule has 0 amide bonds. The fourth-order valence-corrected chi connectivity index (χ4v) is 7.79. The molecule has 284 valence electrons. The number of aliphatic hydroxyl groups is 1. The summed E-state index contributed by atoms with van der Waals surface area (Å²) in [5.41, 5.74) is 1.96. The quantitative estimate of drug-likeness (QED) is 0.0879. The highest BCUT2D eigenvalue weighted by molar-refractivity contribution is 6.74. The summed E-state index contributed by atoms with van der Waals surface area (Å²) in [5.74, 6) is 1.85. The lowest BCUT2D eigenvalue weighted by atomic mass is 9.80. The molecule has 0 bridgehead atoms. The van der Waals surface area contributed by atoms with Gasteiger partial charge in [-0.15, -0.1) is 0 Å². The lowest BCUT2D eigenvalue weighted by Crippen LogP contribution is -2.49. The number of hydrogen-bond acceptors (Lipinski definition) is 9. The third-order valence-corrected chi connectivity index (χ3v) is 15.1. The molecule has 0 saturated carbocycles. The maximum atomic E-state index is 13.7. The predicted molar refractivity (Wildman–Crippen MR) is 213 cm³/mol. The Hall–Kier alpha value is -4.78. The van der Waals surface area contributed by atoms with E-state index in [1.807, 2.05) is 109 Å². The van der Waals surface area contributed by atoms with Gasteiger partial charge in [-0.2, -0.15) is 4.98 Å². The van der Waals surface area contributed by atoms with Crippen molar-refractivity contribution in [3.63, 3.8) is 0 Å². The molecule has 10 nitrogen and oxygen atoms in total. The monoisotopic (exact) mass is 749 g/mol. The van der Waals surface area contributed by atoms with E-state index in [1.165, 1.54) is 4.57 Å². The van der Waals surface area contributed by atoms with Crippen LogP contribution in [0.5, 0.6) is 11.5 Å². The molecular formula is C43H51N3O7Si. The van der Waals surface area contributed by atoms with Crippen LogP contribution >= 0.6 is 0 Å². The van der Waals surface area contributed by atoms with E-state index in [4.69, 9.17) is 23.4 Å². The smallest absolute Gasteiger partial charge is 0.351 e. The topological polar surface area (TPSA) is 113 Å². The maximum Gasteiger partial charge on any atom is 0.351 e. The van der Waals surface area contributed by atoms with E-state index in [0.29, 0.717) is 23.9 Å². The molecule has 4 atom stereocenters. The average Bonchev–Trinajstić information content (AvgIpc) is 3.48. The van der Waals surface area contributed by atoms with Gasteiger partial charge in [0.05, 0.1) is 20.8 Å². The van der Waals surface area contributed by atoms with Gasteiger partial charge < -0.3 is 33.8 Å². The Labute approximate surface area is 318 Å². The normalized spacial score (nSPS) is 19.0. The first kappa shape index (κ1) is 38.9. The molecule has 1 aliphatic heterocycles. The van der Waals surface area contributed by atoms with Crippen molar-refractivity contribution in [2.45, 2.75) is 75.6 Å². The number of nitrogens with one attached hydrogen (secondary N) is 1. The minimum absolute atomic E-state index is 0.0408. The first-order chi connectivity index (χ1) is 25.9. The van der Waals surface area contributed by atoms with Crippen molar-refractivity contribution in [1.82, 2.24) is 9.55 Å². The van der Waals surface area contributed by atoms with Gasteiger partial charge in [0, 0.05) is 12.7 Å². The van der Waals surface area contributed by atoms with Crippen LogP contribution in [0.25, 0.3) is 0 Å². The van der Waals surface area contributed by atoms with E-state index in [1.54, 1.807) is 26.5 Å². The van der Waals surface area contributed by atoms with E-state index < -0.39 is 44.1 Å². The van der Waals surface area contributed by atoms with Crippen LogP contribution in [-0.2, 0) is 26.0 Å². The van der Waals surface area contributed by atoms with Crippen molar-refractivity contribution < 1.29 is 28.5 Å². The number of nitrogens with zero attached hydrogens (tertiary/aromatic N) is 2. The van der Waals surface area contributed by atoms with Crippen LogP contribution in [-0.4, -0.2) is 62.1 Å². The van der Waals surface area contributed by atoms with Crippen LogP contribution in [0.15, 0.2) is 126 Å². The number of methoxy groups -OCH3 is 2. The minimum Gasteiger partial charge on any atom is -0.497 e. The Morgan fingerprint density at radius 3 is 1.85 bits per heavy atom. The lowest BCUT2D eigenvalue weighted by Gasteiger charge is -2.40. The van der Waals surface area contributed by atoms with E-state index >= 15 is 0 Å². The van der Waals surface area contributed by atoms with E-state index in [0.717, 1.165) is 22.3 Å². The van der Waals surface area contributed by atoms with Crippen LogP contribution in [0.2, 0.25) is 18.1 Å². The molecule has 1 saturated heterocycles. The Morgan fingerprint density at radius 1 is 0.796 bits per heavy atom. The Morgan fingerprint density at radius 2 is 1.33 bits per heavy atom. The van der Waals surface area contributed by atoms with Gasteiger partial charge in [0.2, 0.25) is 0 Å². The van der Waals surface area contributed by atoms with Gasteiger partial charge in [0.25, 0.3) is 0 Å².